The van der Waals surface area contributed by atoms with Gasteiger partial charge in [0.1, 0.15) is 11.2 Å². The number of fused-ring (bicyclic) bond motifs is 6. The summed E-state index contributed by atoms with van der Waals surface area (Å²) in [7, 11) is 0. The molecule has 0 spiro atoms. The van der Waals surface area contributed by atoms with Gasteiger partial charge < -0.3 is 9.32 Å². The number of hydrogen-bond donors (Lipinski definition) is 0. The van der Waals surface area contributed by atoms with Crippen LogP contribution in [0.2, 0.25) is 0 Å². The third-order valence-electron chi connectivity index (χ3n) is 11.5. The van der Waals surface area contributed by atoms with Crippen molar-refractivity contribution in [2.45, 2.75) is 0 Å². The number of furan rings is 1. The van der Waals surface area contributed by atoms with Gasteiger partial charge in [-0.05, 0) is 109 Å². The molecule has 1 heterocycles. The smallest absolute Gasteiger partial charge is 0.136 e. The lowest BCUT2D eigenvalue weighted by Gasteiger charge is -2.30. The van der Waals surface area contributed by atoms with Crippen molar-refractivity contribution in [3.8, 4) is 44.5 Å². The van der Waals surface area contributed by atoms with Crippen molar-refractivity contribution in [2.75, 3.05) is 4.90 Å². The van der Waals surface area contributed by atoms with Gasteiger partial charge in [0, 0.05) is 27.7 Å². The Labute approximate surface area is 337 Å². The van der Waals surface area contributed by atoms with E-state index in [-0.39, 0.29) is 0 Å². The summed E-state index contributed by atoms with van der Waals surface area (Å²) in [6.45, 7) is 0. The lowest BCUT2D eigenvalue weighted by Crippen LogP contribution is -2.12. The fourth-order valence-corrected chi connectivity index (χ4v) is 8.78. The van der Waals surface area contributed by atoms with Gasteiger partial charge in [-0.3, -0.25) is 0 Å². The molecule has 2 nitrogen and oxygen atoms in total. The molecule has 11 rings (SSSR count). The topological polar surface area (TPSA) is 16.4 Å². The quantitative estimate of drug-likeness (QED) is 0.151. The average Bonchev–Trinajstić information content (AvgIpc) is 3.69. The Morgan fingerprint density at radius 3 is 1.59 bits per heavy atom. The van der Waals surface area contributed by atoms with Crippen LogP contribution >= 0.6 is 0 Å². The lowest BCUT2D eigenvalue weighted by atomic mass is 9.89. The van der Waals surface area contributed by atoms with Crippen molar-refractivity contribution in [3.05, 3.63) is 224 Å². The number of para-hydroxylation sites is 1. The highest BCUT2D eigenvalue weighted by atomic mass is 16.3. The van der Waals surface area contributed by atoms with Crippen molar-refractivity contribution in [2.24, 2.45) is 0 Å². The van der Waals surface area contributed by atoms with Crippen LogP contribution < -0.4 is 4.90 Å². The molecule has 0 fully saturated rings. The van der Waals surface area contributed by atoms with Gasteiger partial charge in [0.15, 0.2) is 0 Å². The second kappa shape index (κ2) is 14.1. The minimum Gasteiger partial charge on any atom is -0.456 e. The van der Waals surface area contributed by atoms with E-state index < -0.39 is 0 Å². The predicted octanol–water partition coefficient (Wildman–Crippen LogP) is 16.0. The highest BCUT2D eigenvalue weighted by Crippen LogP contribution is 2.50. The molecular weight excluding hydrogens is 703 g/mol. The van der Waals surface area contributed by atoms with E-state index in [1.807, 2.05) is 0 Å². The predicted molar refractivity (Wildman–Crippen MR) is 245 cm³/mol. The number of hydrogen-bond acceptors (Lipinski definition) is 2. The van der Waals surface area contributed by atoms with E-state index in [0.29, 0.717) is 0 Å². The van der Waals surface area contributed by atoms with Crippen molar-refractivity contribution in [3.63, 3.8) is 0 Å². The third kappa shape index (κ3) is 5.74. The fraction of sp³-hybridized carbons (Fsp3) is 0. The van der Waals surface area contributed by atoms with Crippen LogP contribution in [0.3, 0.4) is 0 Å². The van der Waals surface area contributed by atoms with Crippen LogP contribution in [0, 0.1) is 0 Å². The van der Waals surface area contributed by atoms with Crippen LogP contribution in [-0.4, -0.2) is 0 Å². The summed E-state index contributed by atoms with van der Waals surface area (Å²) in [5.41, 5.74) is 14.3. The van der Waals surface area contributed by atoms with Gasteiger partial charge in [0.2, 0.25) is 0 Å². The third-order valence-corrected chi connectivity index (χ3v) is 11.5. The van der Waals surface area contributed by atoms with Crippen LogP contribution in [0.1, 0.15) is 0 Å². The van der Waals surface area contributed by atoms with Gasteiger partial charge in [0.25, 0.3) is 0 Å². The molecule has 0 saturated heterocycles. The summed E-state index contributed by atoms with van der Waals surface area (Å²) in [4.78, 5) is 2.44. The molecule has 0 aliphatic heterocycles. The molecule has 1 aromatic heterocycles. The van der Waals surface area contributed by atoms with Crippen LogP contribution in [0.15, 0.2) is 229 Å². The van der Waals surface area contributed by atoms with E-state index in [1.54, 1.807) is 0 Å². The number of benzene rings is 10. The van der Waals surface area contributed by atoms with Crippen molar-refractivity contribution in [1.29, 1.82) is 0 Å². The number of anilines is 3. The number of rotatable bonds is 7. The standard InChI is InChI=1S/C56H37NO/c1-4-16-38(17-5-1)39-28-30-43(31-29-39)57(44-32-33-46(40-18-6-2-7-19-40)50(37-44)41-20-8-3-9-21-41)52-34-35-54-56(49-26-14-15-27-53(49)58-54)55(52)51-36-42-22-10-11-23-45(42)47-24-12-13-25-48(47)51/h1-37H. The Balaban J connectivity index is 1.25. The van der Waals surface area contributed by atoms with Crippen LogP contribution in [0.4, 0.5) is 17.1 Å². The fourth-order valence-electron chi connectivity index (χ4n) is 8.78. The van der Waals surface area contributed by atoms with E-state index >= 15 is 0 Å². The summed E-state index contributed by atoms with van der Waals surface area (Å²) < 4.78 is 6.65. The zero-order valence-corrected chi connectivity index (χ0v) is 31.7. The highest BCUT2D eigenvalue weighted by Gasteiger charge is 2.25. The van der Waals surface area contributed by atoms with Crippen molar-refractivity contribution >= 4 is 60.5 Å². The summed E-state index contributed by atoms with van der Waals surface area (Å²) >= 11 is 0. The first-order valence-corrected chi connectivity index (χ1v) is 19.8. The molecule has 0 unspecified atom stereocenters. The Morgan fingerprint density at radius 2 is 0.862 bits per heavy atom. The Hall–Kier alpha value is -7.68. The first-order valence-electron chi connectivity index (χ1n) is 19.8. The monoisotopic (exact) mass is 739 g/mol. The first-order chi connectivity index (χ1) is 28.8. The van der Waals surface area contributed by atoms with Gasteiger partial charge in [-0.15, -0.1) is 0 Å². The second-order valence-corrected chi connectivity index (χ2v) is 14.8. The minimum atomic E-state index is 0.862. The molecule has 2 heteroatoms. The van der Waals surface area contributed by atoms with Crippen LogP contribution in [0.25, 0.3) is 88.0 Å². The van der Waals surface area contributed by atoms with Gasteiger partial charge >= 0.3 is 0 Å². The van der Waals surface area contributed by atoms with E-state index in [0.717, 1.165) is 50.1 Å². The van der Waals surface area contributed by atoms with E-state index in [1.165, 1.54) is 54.9 Å². The van der Waals surface area contributed by atoms with E-state index in [4.69, 9.17) is 4.42 Å². The molecule has 0 aliphatic carbocycles. The maximum absolute atomic E-state index is 6.65. The molecule has 0 N–H and O–H groups in total. The Morgan fingerprint density at radius 1 is 0.310 bits per heavy atom. The molecule has 0 amide bonds. The molecule has 0 aliphatic rings. The molecule has 10 aromatic carbocycles. The zero-order valence-electron chi connectivity index (χ0n) is 31.7. The van der Waals surface area contributed by atoms with Crippen molar-refractivity contribution < 1.29 is 4.42 Å². The zero-order chi connectivity index (χ0) is 38.4. The van der Waals surface area contributed by atoms with Gasteiger partial charge in [0.05, 0.1) is 5.69 Å². The first kappa shape index (κ1) is 33.6. The highest BCUT2D eigenvalue weighted by molar-refractivity contribution is 6.22. The second-order valence-electron chi connectivity index (χ2n) is 14.8. The molecule has 0 radical (unpaired) electrons. The molecule has 0 saturated carbocycles. The Bertz CT molecular complexity index is 3260. The van der Waals surface area contributed by atoms with Gasteiger partial charge in [-0.1, -0.05) is 176 Å². The maximum Gasteiger partial charge on any atom is 0.136 e. The van der Waals surface area contributed by atoms with E-state index in [9.17, 15) is 0 Å². The van der Waals surface area contributed by atoms with Crippen molar-refractivity contribution in [1.82, 2.24) is 0 Å². The summed E-state index contributed by atoms with van der Waals surface area (Å²) in [6.07, 6.45) is 0. The van der Waals surface area contributed by atoms with Crippen LogP contribution in [0.5, 0.6) is 0 Å². The van der Waals surface area contributed by atoms with Gasteiger partial charge in [-0.2, -0.15) is 0 Å². The molecule has 0 atom stereocenters. The van der Waals surface area contributed by atoms with Gasteiger partial charge in [-0.25, -0.2) is 0 Å². The molecular formula is C56H37NO. The molecule has 272 valence electrons. The normalized spacial score (nSPS) is 11.4. The maximum atomic E-state index is 6.65. The van der Waals surface area contributed by atoms with E-state index in [2.05, 4.69) is 229 Å². The molecule has 11 aromatic rings. The summed E-state index contributed by atoms with van der Waals surface area (Å²) in [5, 5.41) is 7.06. The SMILES string of the molecule is c1ccc(-c2ccc(N(c3ccc(-c4ccccc4)c(-c4ccccc4)c3)c3ccc4oc5ccccc5c4c3-c3cc4ccccc4c4ccccc34)cc2)cc1. The lowest BCUT2D eigenvalue weighted by molar-refractivity contribution is 0.669. The largest absolute Gasteiger partial charge is 0.456 e. The number of nitrogens with zero attached hydrogens (tertiary/aromatic N) is 1. The summed E-state index contributed by atoms with van der Waals surface area (Å²) in [5.74, 6) is 0. The Kier molecular flexibility index (Phi) is 8.19. The average molecular weight is 740 g/mol. The minimum absolute atomic E-state index is 0.862. The summed E-state index contributed by atoms with van der Waals surface area (Å²) in [6, 6.07) is 80.7. The molecule has 0 bridgehead atoms. The van der Waals surface area contributed by atoms with Crippen LogP contribution in [-0.2, 0) is 0 Å². The molecule has 58 heavy (non-hydrogen) atoms.